The Morgan fingerprint density at radius 3 is 2.65 bits per heavy atom. The number of ether oxygens (including phenoxy) is 1. The van der Waals surface area contributed by atoms with E-state index >= 15 is 0 Å². The second kappa shape index (κ2) is 10.2. The predicted molar refractivity (Wildman–Crippen MR) is 124 cm³/mol. The number of hydrogen-bond acceptors (Lipinski definition) is 9. The lowest BCUT2D eigenvalue weighted by Gasteiger charge is -2.27. The first kappa shape index (κ1) is 21.0. The molecule has 2 aromatic carbocycles. The molecule has 160 valence electrons. The summed E-state index contributed by atoms with van der Waals surface area (Å²) in [5, 5.41) is 17.4. The summed E-state index contributed by atoms with van der Waals surface area (Å²) in [6.45, 7) is 3.25. The van der Waals surface area contributed by atoms with E-state index in [4.69, 9.17) is 4.74 Å². The molecule has 0 bridgehead atoms. The number of halogens is 1. The van der Waals surface area contributed by atoms with Crippen LogP contribution in [-0.4, -0.2) is 52.6 Å². The molecule has 0 spiro atoms. The third-order valence-electron chi connectivity index (χ3n) is 4.57. The molecule has 1 saturated heterocycles. The number of rotatable bonds is 7. The molecule has 10 heteroatoms. The first-order valence-corrected chi connectivity index (χ1v) is 10.6. The second-order valence-corrected chi connectivity index (χ2v) is 7.71. The SMILES string of the molecule is Oc1ccc(Br)cc1/C=N/Nc1nc(NCc2ccccc2)nc(N2CCOCC2)n1. The van der Waals surface area contributed by atoms with Gasteiger partial charge in [0.05, 0.1) is 19.4 Å². The third kappa shape index (κ3) is 5.89. The lowest BCUT2D eigenvalue weighted by Crippen LogP contribution is -2.37. The summed E-state index contributed by atoms with van der Waals surface area (Å²) in [6, 6.07) is 15.1. The van der Waals surface area contributed by atoms with E-state index in [1.165, 1.54) is 6.21 Å². The topological polar surface area (TPSA) is 108 Å². The first-order valence-electron chi connectivity index (χ1n) is 9.81. The van der Waals surface area contributed by atoms with E-state index in [9.17, 15) is 5.11 Å². The summed E-state index contributed by atoms with van der Waals surface area (Å²) in [7, 11) is 0. The van der Waals surface area contributed by atoms with E-state index in [-0.39, 0.29) is 5.75 Å². The molecule has 31 heavy (non-hydrogen) atoms. The van der Waals surface area contributed by atoms with Crippen molar-refractivity contribution < 1.29 is 9.84 Å². The van der Waals surface area contributed by atoms with Gasteiger partial charge in [-0.1, -0.05) is 46.3 Å². The van der Waals surface area contributed by atoms with Crippen LogP contribution in [0.5, 0.6) is 5.75 Å². The normalized spacial score (nSPS) is 14.0. The van der Waals surface area contributed by atoms with Crippen molar-refractivity contribution in [2.75, 3.05) is 41.9 Å². The maximum atomic E-state index is 9.96. The Kier molecular flexibility index (Phi) is 6.90. The third-order valence-corrected chi connectivity index (χ3v) is 5.06. The molecule has 2 heterocycles. The Balaban J connectivity index is 1.53. The number of aromatic hydroxyl groups is 1. The van der Waals surface area contributed by atoms with Crippen LogP contribution < -0.4 is 15.6 Å². The van der Waals surface area contributed by atoms with Crippen molar-refractivity contribution in [1.82, 2.24) is 15.0 Å². The van der Waals surface area contributed by atoms with Crippen LogP contribution in [0.3, 0.4) is 0 Å². The Labute approximate surface area is 188 Å². The predicted octanol–water partition coefficient (Wildman–Crippen LogP) is 3.23. The van der Waals surface area contributed by atoms with Crippen LogP contribution in [-0.2, 0) is 11.3 Å². The monoisotopic (exact) mass is 483 g/mol. The van der Waals surface area contributed by atoms with Gasteiger partial charge in [0.2, 0.25) is 17.8 Å². The Bertz CT molecular complexity index is 1040. The molecule has 4 rings (SSSR count). The Hall–Kier alpha value is -3.24. The Morgan fingerprint density at radius 2 is 1.84 bits per heavy atom. The average Bonchev–Trinajstić information content (AvgIpc) is 2.81. The van der Waals surface area contributed by atoms with E-state index in [1.54, 1.807) is 18.2 Å². The van der Waals surface area contributed by atoms with E-state index in [1.807, 2.05) is 35.2 Å². The number of phenolic OH excluding ortho intramolecular Hbond substituents is 1. The molecule has 0 unspecified atom stereocenters. The largest absolute Gasteiger partial charge is 0.507 e. The van der Waals surface area contributed by atoms with Gasteiger partial charge in [0.1, 0.15) is 5.75 Å². The van der Waals surface area contributed by atoms with E-state index < -0.39 is 0 Å². The van der Waals surface area contributed by atoms with Crippen molar-refractivity contribution in [3.8, 4) is 5.75 Å². The van der Waals surface area contributed by atoms with Gasteiger partial charge in [-0.25, -0.2) is 5.43 Å². The molecule has 3 aromatic rings. The summed E-state index contributed by atoms with van der Waals surface area (Å²) in [5.74, 6) is 1.43. The molecular formula is C21H22BrN7O2. The zero-order valence-electron chi connectivity index (χ0n) is 16.7. The van der Waals surface area contributed by atoms with Crippen molar-refractivity contribution in [2.24, 2.45) is 5.10 Å². The highest BCUT2D eigenvalue weighted by atomic mass is 79.9. The molecule has 0 radical (unpaired) electrons. The van der Waals surface area contributed by atoms with Crippen molar-refractivity contribution in [3.63, 3.8) is 0 Å². The minimum Gasteiger partial charge on any atom is -0.507 e. The summed E-state index contributed by atoms with van der Waals surface area (Å²) >= 11 is 3.38. The van der Waals surface area contributed by atoms with Gasteiger partial charge in [-0.15, -0.1) is 0 Å². The summed E-state index contributed by atoms with van der Waals surface area (Å²) in [5.41, 5.74) is 4.52. The number of hydrogen-bond donors (Lipinski definition) is 3. The molecule has 3 N–H and O–H groups in total. The molecule has 1 aromatic heterocycles. The summed E-state index contributed by atoms with van der Waals surface area (Å²) in [6.07, 6.45) is 1.51. The maximum Gasteiger partial charge on any atom is 0.250 e. The van der Waals surface area contributed by atoms with Crippen molar-refractivity contribution >= 4 is 40.0 Å². The van der Waals surface area contributed by atoms with Gasteiger partial charge in [-0.05, 0) is 23.8 Å². The second-order valence-electron chi connectivity index (χ2n) is 6.79. The van der Waals surface area contributed by atoms with Crippen LogP contribution in [0.1, 0.15) is 11.1 Å². The van der Waals surface area contributed by atoms with Gasteiger partial charge in [0.15, 0.2) is 0 Å². The molecule has 1 aliphatic heterocycles. The van der Waals surface area contributed by atoms with Crippen molar-refractivity contribution in [3.05, 3.63) is 64.1 Å². The average molecular weight is 484 g/mol. The minimum absolute atomic E-state index is 0.128. The number of phenols is 1. The fourth-order valence-corrected chi connectivity index (χ4v) is 3.34. The van der Waals surface area contributed by atoms with Crippen LogP contribution in [0.4, 0.5) is 17.8 Å². The molecule has 0 aliphatic carbocycles. The maximum absolute atomic E-state index is 9.96. The Morgan fingerprint density at radius 1 is 1.06 bits per heavy atom. The molecule has 1 fully saturated rings. The van der Waals surface area contributed by atoms with Gasteiger partial charge in [0.25, 0.3) is 0 Å². The van der Waals surface area contributed by atoms with E-state index in [0.29, 0.717) is 56.3 Å². The highest BCUT2D eigenvalue weighted by molar-refractivity contribution is 9.10. The molecule has 0 atom stereocenters. The van der Waals surface area contributed by atoms with E-state index in [2.05, 4.69) is 46.7 Å². The number of aromatic nitrogens is 3. The van der Waals surface area contributed by atoms with Gasteiger partial charge >= 0.3 is 0 Å². The zero-order valence-corrected chi connectivity index (χ0v) is 18.3. The van der Waals surface area contributed by atoms with Crippen LogP contribution >= 0.6 is 15.9 Å². The summed E-state index contributed by atoms with van der Waals surface area (Å²) in [4.78, 5) is 15.5. The number of anilines is 3. The highest BCUT2D eigenvalue weighted by Gasteiger charge is 2.16. The summed E-state index contributed by atoms with van der Waals surface area (Å²) < 4.78 is 6.27. The first-order chi connectivity index (χ1) is 15.2. The fourth-order valence-electron chi connectivity index (χ4n) is 2.96. The zero-order chi connectivity index (χ0) is 21.5. The smallest absolute Gasteiger partial charge is 0.250 e. The van der Waals surface area contributed by atoms with Gasteiger partial charge in [0, 0.05) is 29.7 Å². The lowest BCUT2D eigenvalue weighted by molar-refractivity contribution is 0.122. The van der Waals surface area contributed by atoms with E-state index in [0.717, 1.165) is 10.0 Å². The molecule has 0 saturated carbocycles. The lowest BCUT2D eigenvalue weighted by atomic mass is 10.2. The minimum atomic E-state index is 0.128. The van der Waals surface area contributed by atoms with Gasteiger partial charge in [-0.2, -0.15) is 20.1 Å². The molecule has 1 aliphatic rings. The number of benzene rings is 2. The molecular weight excluding hydrogens is 462 g/mol. The standard InChI is InChI=1S/C21H22BrN7O2/c22-17-6-7-18(30)16(12-17)14-24-28-20-25-19(23-13-15-4-2-1-3-5-15)26-21(27-20)29-8-10-31-11-9-29/h1-7,12,14,30H,8-11,13H2,(H2,23,25,26,27,28)/b24-14+. The number of morpholine rings is 1. The van der Waals surface area contributed by atoms with Crippen molar-refractivity contribution in [1.29, 1.82) is 0 Å². The van der Waals surface area contributed by atoms with Crippen LogP contribution in [0.2, 0.25) is 0 Å². The highest BCUT2D eigenvalue weighted by Crippen LogP contribution is 2.20. The quantitative estimate of drug-likeness (QED) is 0.347. The molecule has 0 amide bonds. The number of nitrogens with one attached hydrogen (secondary N) is 2. The van der Waals surface area contributed by atoms with Crippen molar-refractivity contribution in [2.45, 2.75) is 6.54 Å². The van der Waals surface area contributed by atoms with Crippen LogP contribution in [0, 0.1) is 0 Å². The van der Waals surface area contributed by atoms with Gasteiger partial charge < -0.3 is 20.1 Å². The van der Waals surface area contributed by atoms with Crippen LogP contribution in [0.15, 0.2) is 58.1 Å². The van der Waals surface area contributed by atoms with Gasteiger partial charge in [-0.3, -0.25) is 0 Å². The number of hydrazone groups is 1. The van der Waals surface area contributed by atoms with Crippen LogP contribution in [0.25, 0.3) is 0 Å². The number of nitrogens with zero attached hydrogens (tertiary/aromatic N) is 5. The fraction of sp³-hybridized carbons (Fsp3) is 0.238. The molecule has 9 nitrogen and oxygen atoms in total.